The fourth-order valence-electron chi connectivity index (χ4n) is 7.63. The Hall–Kier alpha value is -6.14. The van der Waals surface area contributed by atoms with Gasteiger partial charge in [0.2, 0.25) is 0 Å². The molecule has 0 fully saturated rings. The Bertz CT molecular complexity index is 2610. The van der Waals surface area contributed by atoms with Crippen LogP contribution in [0.1, 0.15) is 62.3 Å². The van der Waals surface area contributed by atoms with Crippen molar-refractivity contribution in [3.05, 3.63) is 144 Å². The predicted octanol–water partition coefficient (Wildman–Crippen LogP) is 11.0. The van der Waals surface area contributed by atoms with Gasteiger partial charge in [0.15, 0.2) is 29.4 Å². The zero-order valence-electron chi connectivity index (χ0n) is 28.5. The molecule has 6 nitrogen and oxygen atoms in total. The summed E-state index contributed by atoms with van der Waals surface area (Å²) >= 11 is 0. The monoisotopic (exact) mass is 649 g/mol. The Morgan fingerprint density at radius 2 is 1.64 bits per heavy atom. The maximum Gasteiger partial charge on any atom is 0.182 e. The number of allylic oxidation sites excluding steroid dienone is 6. The molecule has 0 unspecified atom stereocenters. The van der Waals surface area contributed by atoms with Gasteiger partial charge >= 0.3 is 0 Å². The van der Waals surface area contributed by atoms with Gasteiger partial charge in [-0.3, -0.25) is 0 Å². The van der Waals surface area contributed by atoms with Crippen molar-refractivity contribution >= 4 is 39.7 Å². The van der Waals surface area contributed by atoms with Gasteiger partial charge in [-0.15, -0.1) is 0 Å². The van der Waals surface area contributed by atoms with E-state index >= 15 is 0 Å². The summed E-state index contributed by atoms with van der Waals surface area (Å²) in [5, 5.41) is 1.15. The molecule has 0 N–H and O–H groups in total. The lowest BCUT2D eigenvalue weighted by atomic mass is 9.82. The number of benzene rings is 4. The molecule has 0 aliphatic heterocycles. The Morgan fingerprint density at radius 3 is 2.46 bits per heavy atom. The minimum absolute atomic E-state index is 0.198. The lowest BCUT2D eigenvalue weighted by Crippen LogP contribution is -2.15. The molecule has 7 aromatic rings. The van der Waals surface area contributed by atoms with E-state index in [1.807, 2.05) is 62.4 Å². The van der Waals surface area contributed by atoms with Gasteiger partial charge in [0.25, 0.3) is 0 Å². The minimum atomic E-state index is -0.198. The second-order valence-corrected chi connectivity index (χ2v) is 13.4. The molecule has 242 valence electrons. The number of rotatable bonds is 5. The van der Waals surface area contributed by atoms with E-state index in [2.05, 4.69) is 96.2 Å². The van der Waals surface area contributed by atoms with Crippen LogP contribution in [-0.2, 0) is 5.41 Å². The normalized spacial score (nSPS) is 14.8. The molecule has 2 aliphatic carbocycles. The van der Waals surface area contributed by atoms with Gasteiger partial charge in [-0.2, -0.15) is 0 Å². The van der Waals surface area contributed by atoms with E-state index in [1.54, 1.807) is 6.39 Å². The molecule has 0 amide bonds. The van der Waals surface area contributed by atoms with E-state index in [-0.39, 0.29) is 5.41 Å². The summed E-state index contributed by atoms with van der Waals surface area (Å²) in [5.74, 6) is 1.95. The second-order valence-electron chi connectivity index (χ2n) is 13.4. The summed E-state index contributed by atoms with van der Waals surface area (Å²) in [6.45, 7) is 8.62. The van der Waals surface area contributed by atoms with Crippen molar-refractivity contribution in [3.63, 3.8) is 0 Å². The summed E-state index contributed by atoms with van der Waals surface area (Å²) in [6.07, 6.45) is 17.5. The maximum absolute atomic E-state index is 5.92. The Balaban J connectivity index is 1.23. The van der Waals surface area contributed by atoms with E-state index in [0.29, 0.717) is 17.5 Å². The third-order valence-electron chi connectivity index (χ3n) is 10.1. The van der Waals surface area contributed by atoms with Crippen LogP contribution in [0.3, 0.4) is 0 Å². The molecular weight excluding hydrogens is 615 g/mol. The summed E-state index contributed by atoms with van der Waals surface area (Å²) in [4.78, 5) is 19.4. The zero-order chi connectivity index (χ0) is 34.0. The quantitative estimate of drug-likeness (QED) is 0.174. The number of hydrogen-bond donors (Lipinski definition) is 0. The van der Waals surface area contributed by atoms with Gasteiger partial charge in [0.1, 0.15) is 5.52 Å². The van der Waals surface area contributed by atoms with Gasteiger partial charge in [-0.1, -0.05) is 92.8 Å². The van der Waals surface area contributed by atoms with Crippen molar-refractivity contribution in [2.75, 3.05) is 0 Å². The fraction of sp³-hybridized carbons (Fsp3) is 0.136. The molecule has 0 atom stereocenters. The van der Waals surface area contributed by atoms with Gasteiger partial charge in [-0.05, 0) is 79.4 Å². The largest absolute Gasteiger partial charge is 0.443 e. The molecule has 4 aromatic carbocycles. The van der Waals surface area contributed by atoms with Crippen LogP contribution in [0.5, 0.6) is 0 Å². The molecular formula is C44H35N5O. The minimum Gasteiger partial charge on any atom is -0.443 e. The van der Waals surface area contributed by atoms with E-state index in [0.717, 1.165) is 62.1 Å². The highest BCUT2D eigenvalue weighted by atomic mass is 16.3. The molecule has 2 aliphatic rings. The highest BCUT2D eigenvalue weighted by Crippen LogP contribution is 2.52. The third kappa shape index (κ3) is 4.56. The number of fused-ring (bicyclic) bond motifs is 8. The smallest absolute Gasteiger partial charge is 0.182 e. The first kappa shape index (κ1) is 30.0. The maximum atomic E-state index is 5.92. The SMILES string of the molecule is C/C=C\C(=C/C)c1nc(-c2ccccc2)nc(-c2ccc3c(c2)c2c(n3-c3ccc4c(c3)C(C)(C)c3ccc5ncoc5c3-4)C=CCC=C2)n1. The van der Waals surface area contributed by atoms with Crippen LogP contribution in [0.4, 0.5) is 0 Å². The summed E-state index contributed by atoms with van der Waals surface area (Å²) < 4.78 is 8.32. The third-order valence-corrected chi connectivity index (χ3v) is 10.1. The van der Waals surface area contributed by atoms with E-state index in [1.165, 1.54) is 22.3 Å². The van der Waals surface area contributed by atoms with Crippen molar-refractivity contribution in [1.82, 2.24) is 24.5 Å². The topological polar surface area (TPSA) is 69.6 Å². The van der Waals surface area contributed by atoms with Crippen LogP contribution in [0.15, 0.2) is 120 Å². The summed E-state index contributed by atoms with van der Waals surface area (Å²) in [6, 6.07) is 27.8. The van der Waals surface area contributed by atoms with Crippen molar-refractivity contribution in [2.24, 2.45) is 0 Å². The zero-order valence-corrected chi connectivity index (χ0v) is 28.5. The van der Waals surface area contributed by atoms with Crippen molar-refractivity contribution in [1.29, 1.82) is 0 Å². The van der Waals surface area contributed by atoms with E-state index in [4.69, 9.17) is 19.4 Å². The number of aromatic nitrogens is 5. The van der Waals surface area contributed by atoms with Crippen LogP contribution < -0.4 is 0 Å². The first-order valence-corrected chi connectivity index (χ1v) is 17.1. The highest BCUT2D eigenvalue weighted by Gasteiger charge is 2.38. The second kappa shape index (κ2) is 11.5. The molecule has 0 spiro atoms. The Labute approximate surface area is 290 Å². The first-order chi connectivity index (χ1) is 24.5. The Kier molecular flexibility index (Phi) is 6.88. The van der Waals surface area contributed by atoms with E-state index in [9.17, 15) is 0 Å². The molecule has 9 rings (SSSR count). The molecule has 0 bridgehead atoms. The average Bonchev–Trinajstić information content (AvgIpc) is 3.74. The highest BCUT2D eigenvalue weighted by molar-refractivity contribution is 6.00. The molecule has 0 saturated carbocycles. The van der Waals surface area contributed by atoms with Gasteiger partial charge < -0.3 is 8.98 Å². The molecule has 6 heteroatoms. The van der Waals surface area contributed by atoms with Crippen LogP contribution >= 0.6 is 0 Å². The van der Waals surface area contributed by atoms with Crippen LogP contribution in [-0.4, -0.2) is 24.5 Å². The number of oxazole rings is 1. The molecule has 3 aromatic heterocycles. The van der Waals surface area contributed by atoms with Gasteiger partial charge in [0, 0.05) is 44.3 Å². The number of hydrogen-bond acceptors (Lipinski definition) is 5. The molecule has 0 saturated heterocycles. The van der Waals surface area contributed by atoms with Crippen molar-refractivity contribution in [2.45, 2.75) is 39.5 Å². The van der Waals surface area contributed by atoms with E-state index < -0.39 is 0 Å². The molecule has 3 heterocycles. The fourth-order valence-corrected chi connectivity index (χ4v) is 7.63. The lowest BCUT2D eigenvalue weighted by Gasteiger charge is -2.22. The standard InChI is InChI=1S/C44H35N5O/c1-5-13-27(6-2)41-46-42(28-14-9-7-10-15-28)48-43(47-41)29-18-23-38-33(24-29)31-16-11-8-12-17-37(31)49(38)30-19-20-32-35(25-30)44(3,4)34-21-22-36-40(39(32)34)50-26-45-36/h5-7,9-26H,8H2,1-4H3/b13-5-,27-6+. The Morgan fingerprint density at radius 1 is 0.820 bits per heavy atom. The average molecular weight is 650 g/mol. The number of nitrogens with zero attached hydrogens (tertiary/aromatic N) is 5. The van der Waals surface area contributed by atoms with Crippen molar-refractivity contribution < 1.29 is 4.42 Å². The van der Waals surface area contributed by atoms with Crippen molar-refractivity contribution in [3.8, 4) is 39.6 Å². The van der Waals surface area contributed by atoms with Crippen LogP contribution in [0.2, 0.25) is 0 Å². The predicted molar refractivity (Wildman–Crippen MR) is 204 cm³/mol. The van der Waals surface area contributed by atoms with Gasteiger partial charge in [-0.25, -0.2) is 19.9 Å². The lowest BCUT2D eigenvalue weighted by molar-refractivity contribution is 0.601. The van der Waals surface area contributed by atoms with Crippen LogP contribution in [0, 0.1) is 0 Å². The summed E-state index contributed by atoms with van der Waals surface area (Å²) in [5.41, 5.74) is 13.9. The molecule has 0 radical (unpaired) electrons. The first-order valence-electron chi connectivity index (χ1n) is 17.1. The van der Waals surface area contributed by atoms with Gasteiger partial charge in [0.05, 0.1) is 11.2 Å². The van der Waals surface area contributed by atoms with Crippen LogP contribution in [0.25, 0.3) is 79.3 Å². The summed E-state index contributed by atoms with van der Waals surface area (Å²) in [7, 11) is 0. The molecule has 50 heavy (non-hydrogen) atoms.